The van der Waals surface area contributed by atoms with Crippen molar-refractivity contribution in [1.82, 2.24) is 9.97 Å². The van der Waals surface area contributed by atoms with Gasteiger partial charge in [0.15, 0.2) is 11.4 Å². The van der Waals surface area contributed by atoms with Gasteiger partial charge in [0.05, 0.1) is 13.7 Å². The Bertz CT molecular complexity index is 1140. The zero-order valence-corrected chi connectivity index (χ0v) is 15.7. The molecule has 2 aromatic carbocycles. The van der Waals surface area contributed by atoms with Gasteiger partial charge < -0.3 is 19.4 Å². The smallest absolute Gasteiger partial charge is 0.243 e. The highest BCUT2D eigenvalue weighted by molar-refractivity contribution is 6.06. The molecule has 0 atom stereocenters. The van der Waals surface area contributed by atoms with Gasteiger partial charge in [-0.25, -0.2) is 9.97 Å². The summed E-state index contributed by atoms with van der Waals surface area (Å²) in [6, 6.07) is 15.0. The summed E-state index contributed by atoms with van der Waals surface area (Å²) >= 11 is 0. The van der Waals surface area contributed by atoms with Gasteiger partial charge in [0, 0.05) is 23.7 Å². The van der Waals surface area contributed by atoms with Crippen LogP contribution in [0.4, 0.5) is 11.5 Å². The molecule has 0 saturated carbocycles. The van der Waals surface area contributed by atoms with Crippen molar-refractivity contribution in [3.63, 3.8) is 0 Å². The maximum absolute atomic E-state index is 12.6. The summed E-state index contributed by atoms with van der Waals surface area (Å²) in [6.07, 6.45) is 1.50. The van der Waals surface area contributed by atoms with Crippen LogP contribution in [0.15, 0.2) is 59.3 Å². The van der Waals surface area contributed by atoms with E-state index in [2.05, 4.69) is 15.3 Å². The van der Waals surface area contributed by atoms with Crippen molar-refractivity contribution >= 4 is 39.5 Å². The minimum absolute atomic E-state index is 0.136. The van der Waals surface area contributed by atoms with E-state index in [9.17, 15) is 4.79 Å². The molecule has 2 heterocycles. The largest absolute Gasteiger partial charge is 0.497 e. The molecule has 0 radical (unpaired) electrons. The van der Waals surface area contributed by atoms with Crippen LogP contribution in [-0.2, 0) is 4.79 Å². The minimum Gasteiger partial charge on any atom is -0.497 e. The molecule has 142 valence electrons. The third-order valence-corrected chi connectivity index (χ3v) is 4.51. The number of anilines is 2. The van der Waals surface area contributed by atoms with Gasteiger partial charge in [-0.05, 0) is 31.2 Å². The van der Waals surface area contributed by atoms with E-state index in [1.165, 1.54) is 6.33 Å². The number of aromatic nitrogens is 2. The Morgan fingerprint density at radius 1 is 1.18 bits per heavy atom. The number of benzene rings is 2. The van der Waals surface area contributed by atoms with Crippen LogP contribution in [0.2, 0.25) is 0 Å². The number of fused-ring (bicyclic) bond motifs is 3. The van der Waals surface area contributed by atoms with E-state index in [1.54, 1.807) is 13.2 Å². The zero-order chi connectivity index (χ0) is 19.5. The van der Waals surface area contributed by atoms with Crippen LogP contribution in [0.25, 0.3) is 22.1 Å². The number of likely N-dealkylation sites (N-methyl/N-ethyl adjacent to an activating group) is 1. The summed E-state index contributed by atoms with van der Waals surface area (Å²) in [5.74, 6) is 1.13. The van der Waals surface area contributed by atoms with Crippen molar-refractivity contribution in [3.05, 3.63) is 54.9 Å². The minimum atomic E-state index is -0.155. The fourth-order valence-electron chi connectivity index (χ4n) is 3.15. The molecule has 7 heteroatoms. The van der Waals surface area contributed by atoms with E-state index < -0.39 is 0 Å². The molecule has 28 heavy (non-hydrogen) atoms. The molecule has 0 fully saturated rings. The van der Waals surface area contributed by atoms with Gasteiger partial charge in [-0.1, -0.05) is 18.2 Å². The van der Waals surface area contributed by atoms with Crippen molar-refractivity contribution in [1.29, 1.82) is 0 Å². The number of amides is 1. The van der Waals surface area contributed by atoms with Gasteiger partial charge in [0.2, 0.25) is 5.91 Å². The normalized spacial score (nSPS) is 10.9. The first-order valence-electron chi connectivity index (χ1n) is 9.00. The molecule has 0 saturated heterocycles. The Balaban J connectivity index is 1.61. The van der Waals surface area contributed by atoms with Gasteiger partial charge in [0.25, 0.3) is 0 Å². The number of furan rings is 1. The zero-order valence-electron chi connectivity index (χ0n) is 15.7. The first-order valence-corrected chi connectivity index (χ1v) is 9.00. The molecule has 1 N–H and O–H groups in total. The molecule has 0 spiro atoms. The Kier molecular flexibility index (Phi) is 4.80. The maximum atomic E-state index is 12.6. The molecule has 1 amide bonds. The number of rotatable bonds is 6. The quantitative estimate of drug-likeness (QED) is 0.551. The van der Waals surface area contributed by atoms with Crippen LogP contribution in [0.5, 0.6) is 5.75 Å². The van der Waals surface area contributed by atoms with Crippen LogP contribution in [0, 0.1) is 0 Å². The summed E-state index contributed by atoms with van der Waals surface area (Å²) in [5.41, 5.74) is 2.75. The lowest BCUT2D eigenvalue weighted by atomic mass is 10.2. The van der Waals surface area contributed by atoms with E-state index in [0.29, 0.717) is 29.4 Å². The summed E-state index contributed by atoms with van der Waals surface area (Å²) < 4.78 is 11.2. The van der Waals surface area contributed by atoms with E-state index in [1.807, 2.05) is 54.3 Å². The fourth-order valence-corrected chi connectivity index (χ4v) is 3.15. The molecule has 0 aliphatic rings. The molecule has 4 aromatic rings. The number of nitrogens with one attached hydrogen (secondary N) is 1. The first-order chi connectivity index (χ1) is 13.7. The lowest BCUT2D eigenvalue weighted by molar-refractivity contribution is -0.115. The van der Waals surface area contributed by atoms with Crippen molar-refractivity contribution in [2.75, 3.05) is 30.4 Å². The van der Waals surface area contributed by atoms with E-state index in [4.69, 9.17) is 9.15 Å². The highest BCUT2D eigenvalue weighted by Gasteiger charge is 2.19. The second kappa shape index (κ2) is 7.56. The second-order valence-corrected chi connectivity index (χ2v) is 6.27. The van der Waals surface area contributed by atoms with Gasteiger partial charge in [-0.2, -0.15) is 0 Å². The van der Waals surface area contributed by atoms with Crippen LogP contribution in [-0.4, -0.2) is 36.1 Å². The number of hydrogen-bond acceptors (Lipinski definition) is 6. The molecular weight excluding hydrogens is 356 g/mol. The lowest BCUT2D eigenvalue weighted by Crippen LogP contribution is -2.33. The number of ether oxygens (including phenoxy) is 1. The first kappa shape index (κ1) is 17.8. The van der Waals surface area contributed by atoms with Crippen LogP contribution in [0.1, 0.15) is 6.92 Å². The Morgan fingerprint density at radius 2 is 2.04 bits per heavy atom. The lowest BCUT2D eigenvalue weighted by Gasteiger charge is -2.21. The Hall–Kier alpha value is -3.61. The number of carbonyl (C=O) groups excluding carboxylic acids is 1. The monoisotopic (exact) mass is 376 g/mol. The number of hydrogen-bond donors (Lipinski definition) is 1. The van der Waals surface area contributed by atoms with Crippen molar-refractivity contribution in [2.24, 2.45) is 0 Å². The SMILES string of the molecule is CCN(CC(=O)Nc1cccc(OC)c1)c1ncnc2c1oc1ccccc12. The fraction of sp³-hybridized carbons (Fsp3) is 0.190. The van der Waals surface area contributed by atoms with E-state index >= 15 is 0 Å². The summed E-state index contributed by atoms with van der Waals surface area (Å²) in [4.78, 5) is 23.2. The average molecular weight is 376 g/mol. The average Bonchev–Trinajstić information content (AvgIpc) is 3.11. The molecule has 4 rings (SSSR count). The number of carbonyl (C=O) groups is 1. The standard InChI is InChI=1S/C21H20N4O3/c1-3-25(12-18(26)24-14-7-6-8-15(11-14)27-2)21-20-19(22-13-23-21)16-9-4-5-10-17(16)28-20/h4-11,13H,3,12H2,1-2H3,(H,24,26). The molecule has 2 aromatic heterocycles. The third-order valence-electron chi connectivity index (χ3n) is 4.51. The highest BCUT2D eigenvalue weighted by atomic mass is 16.5. The molecule has 0 unspecified atom stereocenters. The molecule has 0 aliphatic carbocycles. The van der Waals surface area contributed by atoms with Gasteiger partial charge >= 0.3 is 0 Å². The van der Waals surface area contributed by atoms with Crippen molar-refractivity contribution < 1.29 is 13.9 Å². The van der Waals surface area contributed by atoms with Gasteiger partial charge in [-0.15, -0.1) is 0 Å². The van der Waals surface area contributed by atoms with Crippen LogP contribution < -0.4 is 15.0 Å². The summed E-state index contributed by atoms with van der Waals surface area (Å²) in [5, 5.41) is 3.82. The predicted octanol–water partition coefficient (Wildman–Crippen LogP) is 3.85. The van der Waals surface area contributed by atoms with E-state index in [-0.39, 0.29) is 12.5 Å². The second-order valence-electron chi connectivity index (χ2n) is 6.27. The predicted molar refractivity (Wildman–Crippen MR) is 109 cm³/mol. The van der Waals surface area contributed by atoms with Gasteiger partial charge in [-0.3, -0.25) is 4.79 Å². The molecule has 7 nitrogen and oxygen atoms in total. The van der Waals surface area contributed by atoms with Crippen LogP contribution in [0.3, 0.4) is 0 Å². The summed E-state index contributed by atoms with van der Waals surface area (Å²) in [7, 11) is 1.59. The Labute approximate surface area is 161 Å². The Morgan fingerprint density at radius 3 is 2.86 bits per heavy atom. The molecule has 0 bridgehead atoms. The summed E-state index contributed by atoms with van der Waals surface area (Å²) in [6.45, 7) is 2.70. The van der Waals surface area contributed by atoms with Crippen molar-refractivity contribution in [2.45, 2.75) is 6.92 Å². The number of nitrogens with zero attached hydrogens (tertiary/aromatic N) is 3. The number of methoxy groups -OCH3 is 1. The molecular formula is C21H20N4O3. The van der Waals surface area contributed by atoms with Crippen LogP contribution >= 0.6 is 0 Å². The topological polar surface area (TPSA) is 80.5 Å². The van der Waals surface area contributed by atoms with E-state index in [0.717, 1.165) is 16.5 Å². The maximum Gasteiger partial charge on any atom is 0.243 e. The highest BCUT2D eigenvalue weighted by Crippen LogP contribution is 2.32. The van der Waals surface area contributed by atoms with Crippen molar-refractivity contribution in [3.8, 4) is 5.75 Å². The number of para-hydroxylation sites is 1. The molecule has 0 aliphatic heterocycles. The van der Waals surface area contributed by atoms with Gasteiger partial charge in [0.1, 0.15) is 23.2 Å². The third kappa shape index (κ3) is 3.34.